The molecule has 0 spiro atoms. The molecule has 0 saturated heterocycles. The van der Waals surface area contributed by atoms with Crippen molar-refractivity contribution in [2.24, 2.45) is 21.8 Å². The zero-order chi connectivity index (χ0) is 19.2. The number of amidine groups is 2. The molecule has 0 aromatic carbocycles. The molecule has 0 aliphatic carbocycles. The van der Waals surface area contributed by atoms with Crippen molar-refractivity contribution in [2.45, 2.75) is 0 Å². The molecule has 0 atom stereocenters. The second-order valence-electron chi connectivity index (χ2n) is 5.28. The Hall–Kier alpha value is -3.16. The fourth-order valence-electron chi connectivity index (χ4n) is 2.50. The molecule has 0 saturated carbocycles. The molecule has 3 aromatic heterocycles. The second-order valence-corrected chi connectivity index (χ2v) is 7.56. The summed E-state index contributed by atoms with van der Waals surface area (Å²) in [4.78, 5) is 18.6. The molecule has 0 fully saturated rings. The summed E-state index contributed by atoms with van der Waals surface area (Å²) < 4.78 is 2.11. The van der Waals surface area contributed by atoms with E-state index >= 15 is 0 Å². The van der Waals surface area contributed by atoms with E-state index < -0.39 is 0 Å². The summed E-state index contributed by atoms with van der Waals surface area (Å²) in [6, 6.07) is 11.4. The minimum atomic E-state index is -0.0487. The van der Waals surface area contributed by atoms with Gasteiger partial charge < -0.3 is 0 Å². The summed E-state index contributed by atoms with van der Waals surface area (Å²) in [5, 5.41) is 7.64. The third kappa shape index (κ3) is 3.99. The Kier molecular flexibility index (Phi) is 5.85. The maximum absolute atomic E-state index is 6.01. The van der Waals surface area contributed by atoms with Crippen LogP contribution < -0.4 is 11.5 Å². The Balaban J connectivity index is 2.06. The van der Waals surface area contributed by atoms with E-state index in [-0.39, 0.29) is 26.2 Å². The van der Waals surface area contributed by atoms with Crippen LogP contribution in [0.4, 0.5) is 0 Å². The standard InChI is InChI=1S/C18H18N6O2Se/c1-25-23-17(19)11-5-3-9-21-15(11)13-7-8-14(27-13)16-12(6-4-10-22-16)18(20)24-26-2/h3-10H,1-2H3,(H2,19,23)(H2,20,24). The van der Waals surface area contributed by atoms with Gasteiger partial charge in [0, 0.05) is 0 Å². The van der Waals surface area contributed by atoms with Gasteiger partial charge in [0.15, 0.2) is 0 Å². The van der Waals surface area contributed by atoms with Crippen LogP contribution in [0.1, 0.15) is 11.1 Å². The number of hydrogen-bond donors (Lipinski definition) is 2. The molecule has 0 radical (unpaired) electrons. The van der Waals surface area contributed by atoms with Crippen LogP contribution in [0.25, 0.3) is 20.3 Å². The van der Waals surface area contributed by atoms with Gasteiger partial charge in [-0.3, -0.25) is 0 Å². The summed E-state index contributed by atoms with van der Waals surface area (Å²) in [6.07, 6.45) is 3.45. The molecule has 3 rings (SSSR count). The van der Waals surface area contributed by atoms with Gasteiger partial charge in [-0.15, -0.1) is 0 Å². The zero-order valence-electron chi connectivity index (χ0n) is 14.8. The number of nitrogens with zero attached hydrogens (tertiary/aromatic N) is 4. The van der Waals surface area contributed by atoms with Crippen LogP contribution in [0.15, 0.2) is 59.1 Å². The number of oxime groups is 2. The van der Waals surface area contributed by atoms with Crippen molar-refractivity contribution in [3.63, 3.8) is 0 Å². The summed E-state index contributed by atoms with van der Waals surface area (Å²) in [7, 11) is 2.91. The van der Waals surface area contributed by atoms with Crippen LogP contribution in [0, 0.1) is 0 Å². The molecular formula is C18H18N6O2Se. The van der Waals surface area contributed by atoms with Crippen LogP contribution >= 0.6 is 0 Å². The van der Waals surface area contributed by atoms with Crippen molar-refractivity contribution in [1.29, 1.82) is 0 Å². The fraction of sp³-hybridized carbons (Fsp3) is 0.111. The molecule has 4 N–H and O–H groups in total. The van der Waals surface area contributed by atoms with E-state index in [2.05, 4.69) is 20.3 Å². The second kappa shape index (κ2) is 8.48. The van der Waals surface area contributed by atoms with E-state index in [1.165, 1.54) is 14.2 Å². The number of pyridine rings is 2. The van der Waals surface area contributed by atoms with Crippen LogP contribution in [0.5, 0.6) is 0 Å². The molecule has 0 aliphatic rings. The molecular weight excluding hydrogens is 411 g/mol. The monoisotopic (exact) mass is 430 g/mol. The van der Waals surface area contributed by atoms with Gasteiger partial charge in [-0.25, -0.2) is 0 Å². The fourth-order valence-corrected chi connectivity index (χ4v) is 4.66. The van der Waals surface area contributed by atoms with Crippen LogP contribution in [0.2, 0.25) is 0 Å². The van der Waals surface area contributed by atoms with Crippen molar-refractivity contribution in [3.05, 3.63) is 59.9 Å². The predicted molar refractivity (Wildman–Crippen MR) is 105 cm³/mol. The van der Waals surface area contributed by atoms with Crippen LogP contribution in [0.3, 0.4) is 0 Å². The maximum atomic E-state index is 6.01. The van der Waals surface area contributed by atoms with Gasteiger partial charge in [0.25, 0.3) is 0 Å². The normalized spacial score (nSPS) is 12.1. The van der Waals surface area contributed by atoms with Gasteiger partial charge in [-0.1, -0.05) is 0 Å². The first-order chi connectivity index (χ1) is 13.2. The van der Waals surface area contributed by atoms with Gasteiger partial charge in [0.05, 0.1) is 0 Å². The van der Waals surface area contributed by atoms with E-state index in [1.807, 2.05) is 36.4 Å². The average Bonchev–Trinajstić information content (AvgIpc) is 3.18. The molecule has 8 nitrogen and oxygen atoms in total. The number of nitrogens with two attached hydrogens (primary N) is 2. The van der Waals surface area contributed by atoms with E-state index in [0.29, 0.717) is 0 Å². The summed E-state index contributed by atoms with van der Waals surface area (Å²) in [5.74, 6) is 0.557. The van der Waals surface area contributed by atoms with Gasteiger partial charge >= 0.3 is 162 Å². The SMILES string of the molecule is CO/N=C(\N)c1cccnc1-c1ccc(-c2ncccc2/C(N)=N/OC)[se]1. The number of aromatic nitrogens is 2. The Morgan fingerprint density at radius 3 is 1.67 bits per heavy atom. The third-order valence-electron chi connectivity index (χ3n) is 3.62. The first-order valence-corrected chi connectivity index (χ1v) is 9.61. The summed E-state index contributed by atoms with van der Waals surface area (Å²) >= 11 is -0.0487. The van der Waals surface area contributed by atoms with E-state index in [0.717, 1.165) is 31.4 Å². The first kappa shape index (κ1) is 18.6. The number of hydrogen-bond acceptors (Lipinski definition) is 6. The molecule has 9 heteroatoms. The van der Waals surface area contributed by atoms with Crippen molar-refractivity contribution < 1.29 is 9.68 Å². The molecule has 0 unspecified atom stereocenters. The van der Waals surface area contributed by atoms with Crippen LogP contribution in [-0.4, -0.2) is 50.4 Å². The molecule has 0 aliphatic heterocycles. The topological polar surface area (TPSA) is 121 Å². The third-order valence-corrected chi connectivity index (χ3v) is 5.92. The zero-order valence-corrected chi connectivity index (χ0v) is 16.5. The molecule has 138 valence electrons. The van der Waals surface area contributed by atoms with E-state index in [1.54, 1.807) is 12.4 Å². The molecule has 0 amide bonds. The Morgan fingerprint density at radius 1 is 0.815 bits per heavy atom. The van der Waals surface area contributed by atoms with Crippen molar-refractivity contribution >= 4 is 26.2 Å². The Morgan fingerprint density at radius 2 is 1.26 bits per heavy atom. The van der Waals surface area contributed by atoms with E-state index in [9.17, 15) is 0 Å². The Bertz CT molecular complexity index is 921. The summed E-state index contributed by atoms with van der Waals surface area (Å²) in [6.45, 7) is 0. The molecule has 3 aromatic rings. The van der Waals surface area contributed by atoms with E-state index in [4.69, 9.17) is 21.1 Å². The average molecular weight is 429 g/mol. The van der Waals surface area contributed by atoms with Crippen molar-refractivity contribution in [3.8, 4) is 20.3 Å². The first-order valence-electron chi connectivity index (χ1n) is 7.90. The minimum absolute atomic E-state index is 0.0487. The molecule has 0 bridgehead atoms. The summed E-state index contributed by atoms with van der Waals surface area (Å²) in [5.41, 5.74) is 15.0. The number of rotatable bonds is 6. The van der Waals surface area contributed by atoms with Gasteiger partial charge in [-0.05, 0) is 0 Å². The van der Waals surface area contributed by atoms with Crippen molar-refractivity contribution in [1.82, 2.24) is 9.97 Å². The van der Waals surface area contributed by atoms with Gasteiger partial charge in [0.2, 0.25) is 0 Å². The van der Waals surface area contributed by atoms with Crippen LogP contribution in [-0.2, 0) is 9.68 Å². The van der Waals surface area contributed by atoms with Gasteiger partial charge in [-0.2, -0.15) is 0 Å². The van der Waals surface area contributed by atoms with Crippen molar-refractivity contribution in [2.75, 3.05) is 14.2 Å². The quantitative estimate of drug-likeness (QED) is 0.265. The van der Waals surface area contributed by atoms with Gasteiger partial charge in [0.1, 0.15) is 0 Å². The molecule has 3 heterocycles. The molecule has 27 heavy (non-hydrogen) atoms. The predicted octanol–water partition coefficient (Wildman–Crippen LogP) is 1.40. The Labute approximate surface area is 162 Å².